The van der Waals surface area contributed by atoms with Gasteiger partial charge in [-0.15, -0.1) is 0 Å². The molecule has 0 N–H and O–H groups in total. The Morgan fingerprint density at radius 2 is 2.14 bits per heavy atom. The zero-order valence-corrected chi connectivity index (χ0v) is 13.0. The van der Waals surface area contributed by atoms with Crippen molar-refractivity contribution in [2.24, 2.45) is 5.92 Å². The maximum Gasteiger partial charge on any atom is 0.225 e. The van der Waals surface area contributed by atoms with Gasteiger partial charge in [-0.3, -0.25) is 4.79 Å². The van der Waals surface area contributed by atoms with E-state index in [0.717, 1.165) is 49.4 Å². The molecule has 0 radical (unpaired) electrons. The standard InChI is InChI=1S/C17H22ClNO2/c18-15-7-1-4-13(10-15)12-21-16-8-3-9-19(11-16)17(20)14-5-2-6-14/h1,4,7,10,14,16H,2-3,5-6,8-9,11-12H2. The van der Waals surface area contributed by atoms with Crippen molar-refractivity contribution in [2.45, 2.75) is 44.8 Å². The quantitative estimate of drug-likeness (QED) is 0.850. The minimum Gasteiger partial charge on any atom is -0.372 e. The first kappa shape index (κ1) is 14.9. The molecule has 1 unspecified atom stereocenters. The number of halogens is 1. The van der Waals surface area contributed by atoms with E-state index in [0.29, 0.717) is 12.5 Å². The normalized spacial score (nSPS) is 22.9. The summed E-state index contributed by atoms with van der Waals surface area (Å²) in [4.78, 5) is 14.3. The molecule has 1 saturated carbocycles. The fourth-order valence-electron chi connectivity index (χ4n) is 3.03. The van der Waals surface area contributed by atoms with Gasteiger partial charge in [0, 0.05) is 24.0 Å². The Balaban J connectivity index is 1.50. The van der Waals surface area contributed by atoms with Crippen LogP contribution in [0, 0.1) is 5.92 Å². The minimum atomic E-state index is 0.154. The lowest BCUT2D eigenvalue weighted by Gasteiger charge is -2.37. The molecule has 1 aliphatic carbocycles. The van der Waals surface area contributed by atoms with Crippen LogP contribution in [0.4, 0.5) is 0 Å². The molecule has 1 aromatic carbocycles. The summed E-state index contributed by atoms with van der Waals surface area (Å²) in [6.45, 7) is 2.21. The average molecular weight is 308 g/mol. The van der Waals surface area contributed by atoms with Crippen LogP contribution in [0.15, 0.2) is 24.3 Å². The van der Waals surface area contributed by atoms with Crippen molar-refractivity contribution in [3.8, 4) is 0 Å². The van der Waals surface area contributed by atoms with E-state index in [1.807, 2.05) is 29.2 Å². The van der Waals surface area contributed by atoms with Gasteiger partial charge in [-0.2, -0.15) is 0 Å². The lowest BCUT2D eigenvalue weighted by Crippen LogP contribution is -2.46. The highest BCUT2D eigenvalue weighted by Gasteiger charge is 2.32. The zero-order valence-electron chi connectivity index (χ0n) is 12.3. The first-order valence-electron chi connectivity index (χ1n) is 7.87. The largest absolute Gasteiger partial charge is 0.372 e. The summed E-state index contributed by atoms with van der Waals surface area (Å²) in [5.41, 5.74) is 1.09. The molecule has 4 heteroatoms. The van der Waals surface area contributed by atoms with Gasteiger partial charge in [0.2, 0.25) is 5.91 Å². The Hall–Kier alpha value is -1.06. The van der Waals surface area contributed by atoms with Crippen LogP contribution in [0.2, 0.25) is 5.02 Å². The van der Waals surface area contributed by atoms with Gasteiger partial charge < -0.3 is 9.64 Å². The first-order chi connectivity index (χ1) is 10.2. The van der Waals surface area contributed by atoms with Crippen LogP contribution >= 0.6 is 11.6 Å². The van der Waals surface area contributed by atoms with Gasteiger partial charge in [0.25, 0.3) is 0 Å². The number of amides is 1. The van der Waals surface area contributed by atoms with Crippen LogP contribution in [0.3, 0.4) is 0 Å². The van der Waals surface area contributed by atoms with Crippen molar-refractivity contribution in [3.05, 3.63) is 34.9 Å². The molecule has 1 heterocycles. The lowest BCUT2D eigenvalue weighted by atomic mass is 9.84. The van der Waals surface area contributed by atoms with Crippen LogP contribution in [-0.2, 0) is 16.1 Å². The second kappa shape index (κ2) is 6.80. The number of carbonyl (C=O) groups excluding carboxylic acids is 1. The SMILES string of the molecule is O=C(C1CCC1)N1CCCC(OCc2cccc(Cl)c2)C1. The number of carbonyl (C=O) groups is 1. The smallest absolute Gasteiger partial charge is 0.225 e. The Morgan fingerprint density at radius 1 is 1.29 bits per heavy atom. The van der Waals surface area contributed by atoms with E-state index in [-0.39, 0.29) is 12.0 Å². The fraction of sp³-hybridized carbons (Fsp3) is 0.588. The third kappa shape index (κ3) is 3.78. The highest BCUT2D eigenvalue weighted by atomic mass is 35.5. The molecular formula is C17H22ClNO2. The van der Waals surface area contributed by atoms with Crippen molar-refractivity contribution in [1.29, 1.82) is 0 Å². The number of rotatable bonds is 4. The number of hydrogen-bond acceptors (Lipinski definition) is 2. The molecule has 21 heavy (non-hydrogen) atoms. The highest BCUT2D eigenvalue weighted by Crippen LogP contribution is 2.29. The molecule has 1 amide bonds. The van der Waals surface area contributed by atoms with Gasteiger partial charge >= 0.3 is 0 Å². The summed E-state index contributed by atoms with van der Waals surface area (Å²) in [6, 6.07) is 7.76. The average Bonchev–Trinajstić information content (AvgIpc) is 2.44. The third-order valence-corrected chi connectivity index (χ3v) is 4.75. The van der Waals surface area contributed by atoms with Gasteiger partial charge in [0.05, 0.1) is 12.7 Å². The number of nitrogens with zero attached hydrogens (tertiary/aromatic N) is 1. The summed E-state index contributed by atoms with van der Waals surface area (Å²) in [6.07, 6.45) is 5.58. The maximum atomic E-state index is 12.3. The molecule has 1 aliphatic heterocycles. The molecule has 1 atom stereocenters. The van der Waals surface area contributed by atoms with E-state index in [1.54, 1.807) is 0 Å². The number of ether oxygens (including phenoxy) is 1. The number of likely N-dealkylation sites (tertiary alicyclic amines) is 1. The summed E-state index contributed by atoms with van der Waals surface area (Å²) >= 11 is 5.98. The fourth-order valence-corrected chi connectivity index (χ4v) is 3.24. The van der Waals surface area contributed by atoms with E-state index in [9.17, 15) is 4.79 Å². The predicted molar refractivity (Wildman–Crippen MR) is 83.2 cm³/mol. The van der Waals surface area contributed by atoms with E-state index in [2.05, 4.69) is 0 Å². The summed E-state index contributed by atoms with van der Waals surface area (Å²) in [7, 11) is 0. The first-order valence-corrected chi connectivity index (χ1v) is 8.25. The Morgan fingerprint density at radius 3 is 2.86 bits per heavy atom. The zero-order chi connectivity index (χ0) is 14.7. The number of benzene rings is 1. The molecule has 3 nitrogen and oxygen atoms in total. The number of piperidine rings is 1. The second-order valence-electron chi connectivity index (χ2n) is 6.12. The predicted octanol–water partition coefficient (Wildman–Crippen LogP) is 3.65. The van der Waals surface area contributed by atoms with Crippen molar-refractivity contribution in [2.75, 3.05) is 13.1 Å². The van der Waals surface area contributed by atoms with Gasteiger partial charge in [0.1, 0.15) is 0 Å². The summed E-state index contributed by atoms with van der Waals surface area (Å²) in [5, 5.41) is 0.738. The number of hydrogen-bond donors (Lipinski definition) is 0. The molecule has 0 bridgehead atoms. The Kier molecular flexibility index (Phi) is 4.81. The molecule has 114 valence electrons. The van der Waals surface area contributed by atoms with Gasteiger partial charge in [-0.1, -0.05) is 30.2 Å². The molecule has 2 fully saturated rings. The molecule has 0 aromatic heterocycles. The monoisotopic (exact) mass is 307 g/mol. The topological polar surface area (TPSA) is 29.5 Å². The Labute approximate surface area is 131 Å². The van der Waals surface area contributed by atoms with Crippen LogP contribution in [0.5, 0.6) is 0 Å². The van der Waals surface area contributed by atoms with Crippen molar-refractivity contribution in [1.82, 2.24) is 4.90 Å². The minimum absolute atomic E-state index is 0.154. The Bertz CT molecular complexity index is 501. The highest BCUT2D eigenvalue weighted by molar-refractivity contribution is 6.30. The molecule has 1 saturated heterocycles. The molecule has 3 rings (SSSR count). The van der Waals surface area contributed by atoms with Crippen LogP contribution in [0.1, 0.15) is 37.7 Å². The van der Waals surface area contributed by atoms with Gasteiger partial charge in [-0.05, 0) is 43.4 Å². The van der Waals surface area contributed by atoms with E-state index in [1.165, 1.54) is 6.42 Å². The van der Waals surface area contributed by atoms with E-state index >= 15 is 0 Å². The van der Waals surface area contributed by atoms with Gasteiger partial charge in [-0.25, -0.2) is 0 Å². The summed E-state index contributed by atoms with van der Waals surface area (Å²) < 4.78 is 5.98. The van der Waals surface area contributed by atoms with E-state index < -0.39 is 0 Å². The van der Waals surface area contributed by atoms with Crippen molar-refractivity contribution >= 4 is 17.5 Å². The van der Waals surface area contributed by atoms with Crippen molar-refractivity contribution < 1.29 is 9.53 Å². The lowest BCUT2D eigenvalue weighted by molar-refractivity contribution is -0.142. The molecule has 0 spiro atoms. The van der Waals surface area contributed by atoms with Crippen LogP contribution < -0.4 is 0 Å². The molecule has 2 aliphatic rings. The van der Waals surface area contributed by atoms with Crippen LogP contribution in [-0.4, -0.2) is 30.0 Å². The second-order valence-corrected chi connectivity index (χ2v) is 6.55. The van der Waals surface area contributed by atoms with Crippen LogP contribution in [0.25, 0.3) is 0 Å². The summed E-state index contributed by atoms with van der Waals surface area (Å²) in [5.74, 6) is 0.633. The maximum absolute atomic E-state index is 12.3. The molecule has 1 aromatic rings. The van der Waals surface area contributed by atoms with Crippen molar-refractivity contribution in [3.63, 3.8) is 0 Å². The third-order valence-electron chi connectivity index (χ3n) is 4.52. The van der Waals surface area contributed by atoms with Gasteiger partial charge in [0.15, 0.2) is 0 Å². The molecular weight excluding hydrogens is 286 g/mol. The van der Waals surface area contributed by atoms with E-state index in [4.69, 9.17) is 16.3 Å².